The second-order valence-electron chi connectivity index (χ2n) is 7.07. The van der Waals surface area contributed by atoms with Crippen LogP contribution in [0.5, 0.6) is 0 Å². The van der Waals surface area contributed by atoms with Crippen LogP contribution in [-0.4, -0.2) is 23.5 Å². The summed E-state index contributed by atoms with van der Waals surface area (Å²) in [6.45, 7) is -0.462. The lowest BCUT2D eigenvalue weighted by molar-refractivity contribution is -0.121. The number of para-hydroxylation sites is 1. The van der Waals surface area contributed by atoms with Gasteiger partial charge in [0.2, 0.25) is 0 Å². The van der Waals surface area contributed by atoms with Gasteiger partial charge in [0.15, 0.2) is 6.61 Å². The van der Waals surface area contributed by atoms with E-state index >= 15 is 0 Å². The van der Waals surface area contributed by atoms with Crippen LogP contribution >= 0.6 is 23.2 Å². The topological polar surface area (TPSA) is 82.3 Å². The molecule has 3 aromatic rings. The Kier molecular flexibility index (Phi) is 5.75. The van der Waals surface area contributed by atoms with Gasteiger partial charge in [-0.25, -0.2) is 9.78 Å². The molecule has 1 aromatic heterocycles. The highest BCUT2D eigenvalue weighted by atomic mass is 35.5. The maximum Gasteiger partial charge on any atom is 0.339 e. The van der Waals surface area contributed by atoms with Crippen molar-refractivity contribution >= 4 is 57.6 Å². The number of hydrogen-bond donors (Lipinski definition) is 1. The van der Waals surface area contributed by atoms with Crippen LogP contribution < -0.4 is 5.73 Å². The third-order valence-corrected chi connectivity index (χ3v) is 5.74. The second kappa shape index (κ2) is 8.46. The smallest absolute Gasteiger partial charge is 0.339 e. The molecule has 1 aliphatic rings. The molecule has 1 heterocycles. The summed E-state index contributed by atoms with van der Waals surface area (Å²) in [4.78, 5) is 28.8. The molecule has 0 atom stereocenters. The number of halogens is 2. The zero-order chi connectivity index (χ0) is 21.3. The summed E-state index contributed by atoms with van der Waals surface area (Å²) < 4.78 is 5.15. The number of rotatable bonds is 4. The number of carbonyl (C=O) groups excluding carboxylic acids is 2. The van der Waals surface area contributed by atoms with Crippen LogP contribution in [0.15, 0.2) is 42.5 Å². The van der Waals surface area contributed by atoms with Gasteiger partial charge in [-0.1, -0.05) is 47.5 Å². The summed E-state index contributed by atoms with van der Waals surface area (Å²) in [7, 11) is 0. The molecule has 0 bridgehead atoms. The van der Waals surface area contributed by atoms with E-state index in [0.717, 1.165) is 35.2 Å². The molecule has 5 nitrogen and oxygen atoms in total. The zero-order valence-corrected chi connectivity index (χ0v) is 17.5. The Morgan fingerprint density at radius 3 is 2.67 bits per heavy atom. The molecule has 1 amide bonds. The Morgan fingerprint density at radius 2 is 1.90 bits per heavy atom. The number of amides is 1. The number of benzene rings is 2. The van der Waals surface area contributed by atoms with E-state index < -0.39 is 18.5 Å². The van der Waals surface area contributed by atoms with Crippen LogP contribution in [0.2, 0.25) is 10.0 Å². The number of fused-ring (bicyclic) bond motifs is 2. The molecular formula is C23H18Cl2N2O3. The van der Waals surface area contributed by atoms with E-state index in [1.54, 1.807) is 12.1 Å². The van der Waals surface area contributed by atoms with E-state index in [0.29, 0.717) is 32.9 Å². The first-order chi connectivity index (χ1) is 14.4. The van der Waals surface area contributed by atoms with Gasteiger partial charge in [0, 0.05) is 5.39 Å². The van der Waals surface area contributed by atoms with E-state index in [-0.39, 0.29) is 0 Å². The molecule has 30 heavy (non-hydrogen) atoms. The fourth-order valence-corrected chi connectivity index (χ4v) is 4.03. The van der Waals surface area contributed by atoms with Gasteiger partial charge in [0.05, 0.1) is 26.8 Å². The maximum atomic E-state index is 12.9. The predicted octanol–water partition coefficient (Wildman–Crippen LogP) is 5.06. The largest absolute Gasteiger partial charge is 0.452 e. The molecule has 2 N–H and O–H groups in total. The summed E-state index contributed by atoms with van der Waals surface area (Å²) in [5, 5.41) is 1.66. The Labute approximate surface area is 183 Å². The lowest BCUT2D eigenvalue weighted by atomic mass is 9.86. The summed E-state index contributed by atoms with van der Waals surface area (Å²) in [5.41, 5.74) is 9.76. The lowest BCUT2D eigenvalue weighted by Crippen LogP contribution is -2.22. The van der Waals surface area contributed by atoms with Gasteiger partial charge >= 0.3 is 5.97 Å². The van der Waals surface area contributed by atoms with E-state index in [9.17, 15) is 9.59 Å². The molecule has 7 heteroatoms. The average Bonchev–Trinajstić information content (AvgIpc) is 2.73. The molecule has 4 rings (SSSR count). The second-order valence-corrected chi connectivity index (χ2v) is 7.88. The minimum atomic E-state index is -0.698. The first kappa shape index (κ1) is 20.4. The summed E-state index contributed by atoms with van der Waals surface area (Å²) in [6, 6.07) is 12.8. The predicted molar refractivity (Wildman–Crippen MR) is 118 cm³/mol. The molecule has 0 saturated carbocycles. The Hall–Kier alpha value is -2.89. The number of nitrogens with zero attached hydrogens (tertiary/aromatic N) is 1. The molecule has 2 aromatic carbocycles. The Balaban J connectivity index is 1.87. The first-order valence-corrected chi connectivity index (χ1v) is 10.2. The highest BCUT2D eigenvalue weighted by Crippen LogP contribution is 2.37. The number of hydrogen-bond acceptors (Lipinski definition) is 4. The van der Waals surface area contributed by atoms with Crippen LogP contribution in [0.4, 0.5) is 0 Å². The van der Waals surface area contributed by atoms with Gasteiger partial charge in [0.25, 0.3) is 5.91 Å². The van der Waals surface area contributed by atoms with E-state index in [1.807, 2.05) is 36.4 Å². The Bertz CT molecular complexity index is 1200. The normalized spacial score (nSPS) is 14.5. The van der Waals surface area contributed by atoms with E-state index in [1.165, 1.54) is 0 Å². The molecule has 1 aliphatic carbocycles. The maximum absolute atomic E-state index is 12.9. The molecule has 0 fully saturated rings. The van der Waals surface area contributed by atoms with E-state index in [4.69, 9.17) is 38.7 Å². The van der Waals surface area contributed by atoms with Gasteiger partial charge in [-0.15, -0.1) is 0 Å². The first-order valence-electron chi connectivity index (χ1n) is 9.47. The van der Waals surface area contributed by atoms with Gasteiger partial charge in [-0.05, 0) is 60.2 Å². The molecule has 0 radical (unpaired) electrons. The SMILES string of the molecule is NC(=O)COC(=O)c1c2c(nc3ccccc13)/C(=C/c1ccc(Cl)c(Cl)c1)CCC2. The molecule has 0 aliphatic heterocycles. The molecule has 0 unspecified atom stereocenters. The van der Waals surface area contributed by atoms with Crippen LogP contribution in [0, 0.1) is 0 Å². The minimum absolute atomic E-state index is 0.441. The number of ether oxygens (including phenoxy) is 1. The van der Waals surface area contributed by atoms with Crippen molar-refractivity contribution < 1.29 is 14.3 Å². The van der Waals surface area contributed by atoms with Crippen LogP contribution in [0.1, 0.15) is 40.0 Å². The van der Waals surface area contributed by atoms with Gasteiger partial charge in [-0.3, -0.25) is 4.79 Å². The van der Waals surface area contributed by atoms with Crippen molar-refractivity contribution in [3.63, 3.8) is 0 Å². The quantitative estimate of drug-likeness (QED) is 0.574. The van der Waals surface area contributed by atoms with Crippen LogP contribution in [-0.2, 0) is 16.0 Å². The number of pyridine rings is 1. The van der Waals surface area contributed by atoms with E-state index in [2.05, 4.69) is 0 Å². The standard InChI is InChI=1S/C23H18Cl2N2O3/c24-17-9-8-13(11-18(17)25)10-14-4-3-6-16-21(23(29)30-12-20(26)28)15-5-1-2-7-19(15)27-22(14)16/h1-2,5,7-11H,3-4,6,12H2,(H2,26,28)/b14-10+. The third kappa shape index (κ3) is 4.04. The molecule has 152 valence electrons. The zero-order valence-electron chi connectivity index (χ0n) is 16.0. The van der Waals surface area contributed by atoms with Crippen molar-refractivity contribution in [1.82, 2.24) is 4.98 Å². The van der Waals surface area contributed by atoms with Gasteiger partial charge in [0.1, 0.15) is 0 Å². The number of allylic oxidation sites excluding steroid dienone is 1. The fourth-order valence-electron chi connectivity index (χ4n) is 3.72. The molecular weight excluding hydrogens is 423 g/mol. The minimum Gasteiger partial charge on any atom is -0.452 e. The van der Waals surface area contributed by atoms with Crippen LogP contribution in [0.3, 0.4) is 0 Å². The number of carbonyl (C=O) groups is 2. The monoisotopic (exact) mass is 440 g/mol. The van der Waals surface area contributed by atoms with Gasteiger partial charge in [-0.2, -0.15) is 0 Å². The molecule has 0 saturated heterocycles. The highest BCUT2D eigenvalue weighted by molar-refractivity contribution is 6.42. The van der Waals surface area contributed by atoms with Gasteiger partial charge < -0.3 is 10.5 Å². The average molecular weight is 441 g/mol. The van der Waals surface area contributed by atoms with Crippen molar-refractivity contribution in [3.8, 4) is 0 Å². The third-order valence-electron chi connectivity index (χ3n) is 5.00. The van der Waals surface area contributed by atoms with Crippen molar-refractivity contribution in [2.45, 2.75) is 19.3 Å². The number of nitrogens with two attached hydrogens (primary N) is 1. The summed E-state index contributed by atoms with van der Waals surface area (Å²) >= 11 is 12.2. The lowest BCUT2D eigenvalue weighted by Gasteiger charge is -2.22. The molecule has 0 spiro atoms. The van der Waals surface area contributed by atoms with Crippen LogP contribution in [0.25, 0.3) is 22.6 Å². The summed E-state index contributed by atoms with van der Waals surface area (Å²) in [6.07, 6.45) is 4.37. The van der Waals surface area contributed by atoms with Crippen molar-refractivity contribution in [3.05, 3.63) is 74.9 Å². The Morgan fingerprint density at radius 1 is 1.10 bits per heavy atom. The van der Waals surface area contributed by atoms with Crippen molar-refractivity contribution in [2.75, 3.05) is 6.61 Å². The summed E-state index contributed by atoms with van der Waals surface area (Å²) in [5.74, 6) is -1.27. The van der Waals surface area contributed by atoms with Crippen molar-refractivity contribution in [1.29, 1.82) is 0 Å². The van der Waals surface area contributed by atoms with Crippen molar-refractivity contribution in [2.24, 2.45) is 5.73 Å². The number of esters is 1. The number of primary amides is 1. The highest BCUT2D eigenvalue weighted by Gasteiger charge is 2.26. The number of aromatic nitrogens is 1. The fraction of sp³-hybridized carbons (Fsp3) is 0.174.